The number of hydrogen-bond donors (Lipinski definition) is 0. The molecule has 1 amide bonds. The molecule has 0 spiro atoms. The average Bonchev–Trinajstić information content (AvgIpc) is 2.38. The molecule has 0 aromatic heterocycles. The highest BCUT2D eigenvalue weighted by molar-refractivity contribution is 5.95. The van der Waals surface area contributed by atoms with Gasteiger partial charge in [0.1, 0.15) is 0 Å². The highest BCUT2D eigenvalue weighted by Crippen LogP contribution is 2.29. The van der Waals surface area contributed by atoms with Gasteiger partial charge in [-0.2, -0.15) is 0 Å². The van der Waals surface area contributed by atoms with Crippen LogP contribution in [0, 0.1) is 0 Å². The normalized spacial score (nSPS) is 10.8. The van der Waals surface area contributed by atoms with Crippen LogP contribution >= 0.6 is 0 Å². The first kappa shape index (κ1) is 16.3. The van der Waals surface area contributed by atoms with Crippen molar-refractivity contribution in [1.82, 2.24) is 4.90 Å². The topological polar surface area (TPSA) is 38.8 Å². The number of nitrogens with zero attached hydrogens (tertiary/aromatic N) is 1. The van der Waals surface area contributed by atoms with E-state index in [9.17, 15) is 4.79 Å². The van der Waals surface area contributed by atoms with Crippen LogP contribution in [0.2, 0.25) is 0 Å². The van der Waals surface area contributed by atoms with Crippen LogP contribution < -0.4 is 9.47 Å². The number of benzene rings is 1. The van der Waals surface area contributed by atoms with Crippen molar-refractivity contribution in [2.24, 2.45) is 0 Å². The van der Waals surface area contributed by atoms with E-state index in [0.29, 0.717) is 23.7 Å². The van der Waals surface area contributed by atoms with Crippen LogP contribution in [-0.2, 0) is 0 Å². The Balaban J connectivity index is 3.10. The second kappa shape index (κ2) is 7.17. The van der Waals surface area contributed by atoms with Gasteiger partial charge >= 0.3 is 0 Å². The molecule has 4 heteroatoms. The molecule has 0 bridgehead atoms. The predicted octanol–water partition coefficient (Wildman–Crippen LogP) is 3.35. The molecule has 0 unspecified atom stereocenters. The molecule has 4 nitrogen and oxygen atoms in total. The Morgan fingerprint density at radius 3 is 2.20 bits per heavy atom. The summed E-state index contributed by atoms with van der Waals surface area (Å²) in [7, 11) is 1.58. The Bertz CT molecular complexity index is 447. The van der Waals surface area contributed by atoms with E-state index in [0.717, 1.165) is 0 Å². The Morgan fingerprint density at radius 2 is 1.75 bits per heavy atom. The third-order valence-electron chi connectivity index (χ3n) is 3.06. The van der Waals surface area contributed by atoms with E-state index < -0.39 is 0 Å². The molecule has 112 valence electrons. The fourth-order valence-electron chi connectivity index (χ4n) is 2.29. The van der Waals surface area contributed by atoms with Crippen LogP contribution in [0.3, 0.4) is 0 Å². The molecule has 0 aliphatic carbocycles. The SMILES string of the molecule is CCOc1ccc(C(=O)N(C(C)C)C(C)C)cc1OC. The fourth-order valence-corrected chi connectivity index (χ4v) is 2.29. The van der Waals surface area contributed by atoms with E-state index in [1.807, 2.05) is 39.5 Å². The lowest BCUT2D eigenvalue weighted by Gasteiger charge is -2.31. The van der Waals surface area contributed by atoms with E-state index in [2.05, 4.69) is 0 Å². The number of carbonyl (C=O) groups excluding carboxylic acids is 1. The molecule has 1 rings (SSSR count). The molecule has 0 atom stereocenters. The number of carbonyl (C=O) groups is 1. The summed E-state index contributed by atoms with van der Waals surface area (Å²) in [5.41, 5.74) is 0.618. The van der Waals surface area contributed by atoms with Crippen LogP contribution in [0.4, 0.5) is 0 Å². The van der Waals surface area contributed by atoms with Gasteiger partial charge < -0.3 is 14.4 Å². The summed E-state index contributed by atoms with van der Waals surface area (Å²) in [5, 5.41) is 0. The predicted molar refractivity (Wildman–Crippen MR) is 80.6 cm³/mol. The van der Waals surface area contributed by atoms with Gasteiger partial charge in [-0.15, -0.1) is 0 Å². The molecule has 0 aliphatic heterocycles. The van der Waals surface area contributed by atoms with Gasteiger partial charge in [0.2, 0.25) is 0 Å². The highest BCUT2D eigenvalue weighted by atomic mass is 16.5. The Labute approximate surface area is 121 Å². The van der Waals surface area contributed by atoms with Gasteiger partial charge in [0.05, 0.1) is 13.7 Å². The quantitative estimate of drug-likeness (QED) is 0.801. The molecule has 0 aliphatic rings. The van der Waals surface area contributed by atoms with Gasteiger partial charge in [0.25, 0.3) is 5.91 Å². The second-order valence-electron chi connectivity index (χ2n) is 5.20. The highest BCUT2D eigenvalue weighted by Gasteiger charge is 2.22. The van der Waals surface area contributed by atoms with Crippen LogP contribution in [-0.4, -0.2) is 36.6 Å². The first-order chi connectivity index (χ1) is 9.42. The number of rotatable bonds is 6. The van der Waals surface area contributed by atoms with Crippen molar-refractivity contribution in [3.63, 3.8) is 0 Å². The van der Waals surface area contributed by atoms with Crippen LogP contribution in [0.1, 0.15) is 45.0 Å². The molecule has 0 heterocycles. The minimum absolute atomic E-state index is 0.0105. The van der Waals surface area contributed by atoms with E-state index in [-0.39, 0.29) is 18.0 Å². The van der Waals surface area contributed by atoms with Crippen molar-refractivity contribution in [3.05, 3.63) is 23.8 Å². The van der Waals surface area contributed by atoms with Gasteiger partial charge in [0.15, 0.2) is 11.5 Å². The van der Waals surface area contributed by atoms with Crippen LogP contribution in [0.25, 0.3) is 0 Å². The molecule has 0 saturated heterocycles. The number of methoxy groups -OCH3 is 1. The summed E-state index contributed by atoms with van der Waals surface area (Å²) in [6.45, 7) is 10.5. The van der Waals surface area contributed by atoms with Gasteiger partial charge in [-0.1, -0.05) is 0 Å². The zero-order chi connectivity index (χ0) is 15.3. The molecule has 0 saturated carbocycles. The average molecular weight is 279 g/mol. The summed E-state index contributed by atoms with van der Waals surface area (Å²) < 4.78 is 10.8. The first-order valence-corrected chi connectivity index (χ1v) is 7.05. The lowest BCUT2D eigenvalue weighted by Crippen LogP contribution is -2.42. The Morgan fingerprint density at radius 1 is 1.15 bits per heavy atom. The minimum Gasteiger partial charge on any atom is -0.493 e. The second-order valence-corrected chi connectivity index (χ2v) is 5.20. The summed E-state index contributed by atoms with van der Waals surface area (Å²) in [6, 6.07) is 5.62. The summed E-state index contributed by atoms with van der Waals surface area (Å²) in [5.74, 6) is 1.26. The van der Waals surface area contributed by atoms with E-state index >= 15 is 0 Å². The van der Waals surface area contributed by atoms with E-state index in [4.69, 9.17) is 9.47 Å². The number of ether oxygens (including phenoxy) is 2. The van der Waals surface area contributed by atoms with Gasteiger partial charge in [0, 0.05) is 17.6 Å². The number of hydrogen-bond acceptors (Lipinski definition) is 3. The molecule has 20 heavy (non-hydrogen) atoms. The number of amides is 1. The maximum atomic E-state index is 12.6. The third-order valence-corrected chi connectivity index (χ3v) is 3.06. The maximum Gasteiger partial charge on any atom is 0.254 e. The fraction of sp³-hybridized carbons (Fsp3) is 0.562. The molecule has 0 radical (unpaired) electrons. The minimum atomic E-state index is 0.0105. The molecule has 0 N–H and O–H groups in total. The smallest absolute Gasteiger partial charge is 0.254 e. The Kier molecular flexibility index (Phi) is 5.86. The molecule has 1 aromatic carbocycles. The van der Waals surface area contributed by atoms with E-state index in [1.54, 1.807) is 25.3 Å². The van der Waals surface area contributed by atoms with Gasteiger partial charge in [-0.3, -0.25) is 4.79 Å². The zero-order valence-corrected chi connectivity index (χ0v) is 13.3. The lowest BCUT2D eigenvalue weighted by molar-refractivity contribution is 0.0643. The standard InChI is InChI=1S/C16H25NO3/c1-7-20-14-9-8-13(10-15(14)19-6)16(18)17(11(2)3)12(4)5/h8-12H,7H2,1-6H3. The van der Waals surface area contributed by atoms with Crippen molar-refractivity contribution in [2.75, 3.05) is 13.7 Å². The van der Waals surface area contributed by atoms with Gasteiger partial charge in [-0.25, -0.2) is 0 Å². The first-order valence-electron chi connectivity index (χ1n) is 7.05. The summed E-state index contributed by atoms with van der Waals surface area (Å²) >= 11 is 0. The zero-order valence-electron chi connectivity index (χ0n) is 13.3. The van der Waals surface area contributed by atoms with Crippen molar-refractivity contribution in [3.8, 4) is 11.5 Å². The maximum absolute atomic E-state index is 12.6. The summed E-state index contributed by atoms with van der Waals surface area (Å²) in [4.78, 5) is 14.5. The van der Waals surface area contributed by atoms with Crippen molar-refractivity contribution >= 4 is 5.91 Å². The lowest BCUT2D eigenvalue weighted by atomic mass is 10.1. The van der Waals surface area contributed by atoms with Gasteiger partial charge in [-0.05, 0) is 52.8 Å². The molecular weight excluding hydrogens is 254 g/mol. The molecule has 1 aromatic rings. The van der Waals surface area contributed by atoms with Crippen LogP contribution in [0.15, 0.2) is 18.2 Å². The Hall–Kier alpha value is -1.71. The molecule has 0 fully saturated rings. The van der Waals surface area contributed by atoms with Crippen molar-refractivity contribution in [2.45, 2.75) is 46.7 Å². The van der Waals surface area contributed by atoms with Crippen LogP contribution in [0.5, 0.6) is 11.5 Å². The molecular formula is C16H25NO3. The largest absolute Gasteiger partial charge is 0.493 e. The van der Waals surface area contributed by atoms with Crippen molar-refractivity contribution < 1.29 is 14.3 Å². The van der Waals surface area contributed by atoms with E-state index in [1.165, 1.54) is 0 Å². The van der Waals surface area contributed by atoms with Crippen molar-refractivity contribution in [1.29, 1.82) is 0 Å². The monoisotopic (exact) mass is 279 g/mol. The third kappa shape index (κ3) is 3.65. The summed E-state index contributed by atoms with van der Waals surface area (Å²) in [6.07, 6.45) is 0.